The molecule has 0 atom stereocenters. The normalized spacial score (nSPS) is 11.2. The van der Waals surface area contributed by atoms with Crippen LogP contribution in [0.1, 0.15) is 0 Å². The van der Waals surface area contributed by atoms with Gasteiger partial charge in [0.25, 0.3) is 0 Å². The Labute approximate surface area is 430 Å². The van der Waals surface area contributed by atoms with Gasteiger partial charge in [-0.2, -0.15) is 0 Å². The second-order valence-corrected chi connectivity index (χ2v) is 18.6. The van der Waals surface area contributed by atoms with Gasteiger partial charge in [-0.05, 0) is 121 Å². The van der Waals surface area contributed by atoms with Crippen LogP contribution >= 0.6 is 0 Å². The Morgan fingerprint density at radius 2 is 0.392 bits per heavy atom. The number of fused-ring (bicyclic) bond motifs is 2. The highest BCUT2D eigenvalue weighted by atomic mass is 14.9. The van der Waals surface area contributed by atoms with Gasteiger partial charge < -0.3 is 0 Å². The van der Waals surface area contributed by atoms with Crippen molar-refractivity contribution in [2.24, 2.45) is 0 Å². The maximum absolute atomic E-state index is 5.33. The van der Waals surface area contributed by atoms with Gasteiger partial charge in [0.1, 0.15) is 0 Å². The molecular formula is C70H46N4. The lowest BCUT2D eigenvalue weighted by atomic mass is 9.96. The van der Waals surface area contributed by atoms with Gasteiger partial charge in [-0.15, -0.1) is 0 Å². The zero-order chi connectivity index (χ0) is 49.2. The van der Waals surface area contributed by atoms with Gasteiger partial charge in [0.05, 0.1) is 22.4 Å². The van der Waals surface area contributed by atoms with E-state index in [9.17, 15) is 0 Å². The molecule has 13 rings (SSSR count). The Hall–Kier alpha value is -9.90. The van der Waals surface area contributed by atoms with E-state index in [1.807, 2.05) is 12.1 Å². The average molecular weight is 943 g/mol. The number of nitrogens with zero attached hydrogens (tertiary/aromatic N) is 4. The Morgan fingerprint density at radius 1 is 0.162 bits per heavy atom. The van der Waals surface area contributed by atoms with Gasteiger partial charge in [0.2, 0.25) is 0 Å². The Balaban J connectivity index is 0.817. The van der Waals surface area contributed by atoms with Crippen molar-refractivity contribution < 1.29 is 0 Å². The van der Waals surface area contributed by atoms with E-state index >= 15 is 0 Å². The van der Waals surface area contributed by atoms with E-state index in [1.54, 1.807) is 0 Å². The van der Waals surface area contributed by atoms with Crippen LogP contribution in [0.2, 0.25) is 0 Å². The zero-order valence-electron chi connectivity index (χ0n) is 40.3. The largest absolute Gasteiger partial charge is 0.228 e. The second-order valence-electron chi connectivity index (χ2n) is 18.6. The molecule has 0 aliphatic carbocycles. The summed E-state index contributed by atoms with van der Waals surface area (Å²) in [7, 11) is 0. The molecule has 0 unspecified atom stereocenters. The van der Waals surface area contributed by atoms with Crippen LogP contribution in [0.4, 0.5) is 0 Å². The van der Waals surface area contributed by atoms with Crippen LogP contribution in [0.3, 0.4) is 0 Å². The molecule has 4 heteroatoms. The Morgan fingerprint density at radius 3 is 0.730 bits per heavy atom. The minimum Gasteiger partial charge on any atom is -0.228 e. The standard InChI is InChI=1S/C70H46N4/c1-3-18-47(19-4-1)49-22-11-24-51(40-49)55-28-14-32-59(43-55)67-63-36-7-9-38-65(63)71-69(73-67)61-34-16-30-57(45-61)53-26-13-27-54(42-53)58-31-17-35-62(46-58)70-72-66-39-10-8-37-64(66)68(74-70)60-33-15-29-56(44-60)52-25-12-23-50(41-52)48-20-5-2-6-21-48/h1-46H. The lowest BCUT2D eigenvalue weighted by Gasteiger charge is -2.13. The van der Waals surface area contributed by atoms with Crippen LogP contribution in [-0.2, 0) is 0 Å². The van der Waals surface area contributed by atoms with Gasteiger partial charge in [-0.3, -0.25) is 0 Å². The van der Waals surface area contributed by atoms with Crippen molar-refractivity contribution in [3.05, 3.63) is 279 Å². The molecule has 0 saturated heterocycles. The Bertz CT molecular complexity index is 3930. The van der Waals surface area contributed by atoms with Crippen molar-refractivity contribution in [2.45, 2.75) is 0 Å². The highest BCUT2D eigenvalue weighted by Crippen LogP contribution is 2.37. The molecule has 0 saturated carbocycles. The van der Waals surface area contributed by atoms with Gasteiger partial charge in [-0.25, -0.2) is 19.9 Å². The van der Waals surface area contributed by atoms with Crippen molar-refractivity contribution >= 4 is 21.8 Å². The van der Waals surface area contributed by atoms with Gasteiger partial charge in [-0.1, -0.05) is 224 Å². The van der Waals surface area contributed by atoms with Crippen molar-refractivity contribution in [3.63, 3.8) is 0 Å². The summed E-state index contributed by atoms with van der Waals surface area (Å²) in [6.45, 7) is 0. The molecular weight excluding hydrogens is 897 g/mol. The van der Waals surface area contributed by atoms with Crippen LogP contribution in [-0.4, -0.2) is 19.9 Å². The summed E-state index contributed by atoms with van der Waals surface area (Å²) in [5.41, 5.74) is 21.3. The summed E-state index contributed by atoms with van der Waals surface area (Å²) in [5.74, 6) is 1.36. The van der Waals surface area contributed by atoms with Crippen molar-refractivity contribution in [2.75, 3.05) is 0 Å². The maximum atomic E-state index is 5.33. The number of rotatable bonds is 10. The first kappa shape index (κ1) is 44.1. The first-order chi connectivity index (χ1) is 36.6. The van der Waals surface area contributed by atoms with E-state index in [0.29, 0.717) is 11.6 Å². The molecule has 0 aliphatic heterocycles. The Kier molecular flexibility index (Phi) is 11.5. The number of para-hydroxylation sites is 2. The molecule has 13 aromatic rings. The third-order valence-corrected chi connectivity index (χ3v) is 13.9. The topological polar surface area (TPSA) is 51.6 Å². The molecule has 2 heterocycles. The molecule has 0 aliphatic rings. The van der Waals surface area contributed by atoms with Gasteiger partial charge >= 0.3 is 0 Å². The maximum Gasteiger partial charge on any atom is 0.160 e. The van der Waals surface area contributed by atoms with E-state index in [1.165, 1.54) is 22.3 Å². The fourth-order valence-electron chi connectivity index (χ4n) is 10.1. The van der Waals surface area contributed by atoms with Crippen molar-refractivity contribution in [1.29, 1.82) is 0 Å². The van der Waals surface area contributed by atoms with E-state index in [4.69, 9.17) is 19.9 Å². The van der Waals surface area contributed by atoms with Crippen molar-refractivity contribution in [1.82, 2.24) is 19.9 Å². The van der Waals surface area contributed by atoms with Crippen LogP contribution in [0.25, 0.3) is 134 Å². The average Bonchev–Trinajstić information content (AvgIpc) is 3.50. The monoisotopic (exact) mass is 942 g/mol. The zero-order valence-corrected chi connectivity index (χ0v) is 40.3. The first-order valence-electron chi connectivity index (χ1n) is 25.0. The predicted octanol–water partition coefficient (Wildman–Crippen LogP) is 18.2. The number of hydrogen-bond donors (Lipinski definition) is 0. The molecule has 0 radical (unpaired) electrons. The quantitative estimate of drug-likeness (QED) is 0.137. The van der Waals surface area contributed by atoms with Crippen LogP contribution in [0, 0.1) is 0 Å². The molecule has 0 spiro atoms. The van der Waals surface area contributed by atoms with Gasteiger partial charge in [0.15, 0.2) is 11.6 Å². The molecule has 0 bridgehead atoms. The first-order valence-corrected chi connectivity index (χ1v) is 25.0. The molecule has 11 aromatic carbocycles. The summed E-state index contributed by atoms with van der Waals surface area (Å²) in [6, 6.07) is 98.4. The highest BCUT2D eigenvalue weighted by molar-refractivity contribution is 5.96. The summed E-state index contributed by atoms with van der Waals surface area (Å²) in [6.07, 6.45) is 0. The second kappa shape index (κ2) is 19.4. The number of benzene rings is 11. The van der Waals surface area contributed by atoms with Crippen LogP contribution < -0.4 is 0 Å². The minimum absolute atomic E-state index is 0.680. The fourth-order valence-corrected chi connectivity index (χ4v) is 10.1. The molecule has 346 valence electrons. The van der Waals surface area contributed by atoms with Gasteiger partial charge in [0, 0.05) is 33.0 Å². The lowest BCUT2D eigenvalue weighted by Crippen LogP contribution is -1.96. The number of hydrogen-bond acceptors (Lipinski definition) is 4. The fraction of sp³-hybridized carbons (Fsp3) is 0. The SMILES string of the molecule is c1ccc(-c2cccc(-c3cccc(-c4nc(-c5cccc(-c6cccc(-c7cccc(-c8nc(-c9cccc(-c%10cccc(-c%11ccccc%11)c%10)c9)c9ccccc9n8)c7)c6)c5)nc5ccccc45)c3)c2)cc1. The van der Waals surface area contributed by atoms with Crippen molar-refractivity contribution in [3.8, 4) is 112 Å². The molecule has 0 amide bonds. The summed E-state index contributed by atoms with van der Waals surface area (Å²) in [4.78, 5) is 21.0. The van der Waals surface area contributed by atoms with E-state index < -0.39 is 0 Å². The lowest BCUT2D eigenvalue weighted by molar-refractivity contribution is 1.23. The molecule has 0 N–H and O–H groups in total. The molecule has 2 aromatic heterocycles. The van der Waals surface area contributed by atoms with Crippen LogP contribution in [0.5, 0.6) is 0 Å². The van der Waals surface area contributed by atoms with E-state index in [0.717, 1.165) is 100.0 Å². The number of aromatic nitrogens is 4. The minimum atomic E-state index is 0.680. The summed E-state index contributed by atoms with van der Waals surface area (Å²) >= 11 is 0. The predicted molar refractivity (Wildman–Crippen MR) is 307 cm³/mol. The van der Waals surface area contributed by atoms with E-state index in [2.05, 4.69) is 267 Å². The third kappa shape index (κ3) is 8.82. The third-order valence-electron chi connectivity index (χ3n) is 13.9. The van der Waals surface area contributed by atoms with E-state index in [-0.39, 0.29) is 0 Å². The summed E-state index contributed by atoms with van der Waals surface area (Å²) in [5, 5.41) is 2.02. The molecule has 0 fully saturated rings. The molecule has 74 heavy (non-hydrogen) atoms. The smallest absolute Gasteiger partial charge is 0.160 e. The van der Waals surface area contributed by atoms with Crippen LogP contribution in [0.15, 0.2) is 279 Å². The highest BCUT2D eigenvalue weighted by Gasteiger charge is 2.16. The molecule has 4 nitrogen and oxygen atoms in total. The summed E-state index contributed by atoms with van der Waals surface area (Å²) < 4.78 is 0.